The van der Waals surface area contributed by atoms with Gasteiger partial charge in [0.2, 0.25) is 0 Å². The Morgan fingerprint density at radius 1 is 1.39 bits per heavy atom. The molecule has 0 atom stereocenters. The number of likely N-dealkylation sites (tertiary alicyclic amines) is 1. The summed E-state index contributed by atoms with van der Waals surface area (Å²) in [7, 11) is 0. The zero-order valence-electron chi connectivity index (χ0n) is 10.2. The molecule has 0 unspecified atom stereocenters. The average molecular weight is 361 g/mol. The number of halogens is 1. The van der Waals surface area contributed by atoms with Crippen molar-refractivity contribution in [3.05, 3.63) is 27.3 Å². The Balaban J connectivity index is 2.15. The van der Waals surface area contributed by atoms with E-state index in [9.17, 15) is 15.0 Å². The maximum atomic E-state index is 12.3. The molecule has 98 valence electrons. The molecule has 0 spiro atoms. The van der Waals surface area contributed by atoms with Crippen LogP contribution in [0.15, 0.2) is 18.2 Å². The van der Waals surface area contributed by atoms with Crippen LogP contribution < -0.4 is 0 Å². The standard InChI is InChI=1S/C13H16INO3/c1-13(18)4-6-15(7-5-13)12(17)10-8-9(14)2-3-11(10)16/h2-3,8,16,18H,4-7H2,1H3. The summed E-state index contributed by atoms with van der Waals surface area (Å²) in [4.78, 5) is 13.9. The highest BCUT2D eigenvalue weighted by Gasteiger charge is 2.30. The second kappa shape index (κ2) is 5.05. The molecule has 2 N–H and O–H groups in total. The number of benzene rings is 1. The molecule has 1 saturated heterocycles. The zero-order chi connectivity index (χ0) is 13.3. The van der Waals surface area contributed by atoms with Crippen LogP contribution in [0.4, 0.5) is 0 Å². The van der Waals surface area contributed by atoms with Crippen molar-refractivity contribution in [1.82, 2.24) is 4.90 Å². The van der Waals surface area contributed by atoms with Crippen LogP contribution in [0.25, 0.3) is 0 Å². The topological polar surface area (TPSA) is 60.8 Å². The largest absolute Gasteiger partial charge is 0.507 e. The number of hydrogen-bond donors (Lipinski definition) is 2. The minimum Gasteiger partial charge on any atom is -0.507 e. The van der Waals surface area contributed by atoms with E-state index in [1.165, 1.54) is 6.07 Å². The number of phenols is 1. The van der Waals surface area contributed by atoms with Gasteiger partial charge in [0, 0.05) is 16.7 Å². The molecule has 4 nitrogen and oxygen atoms in total. The Labute approximate surface area is 120 Å². The fourth-order valence-electron chi connectivity index (χ4n) is 2.04. The van der Waals surface area contributed by atoms with Gasteiger partial charge in [-0.2, -0.15) is 0 Å². The molecule has 1 heterocycles. The summed E-state index contributed by atoms with van der Waals surface area (Å²) in [5.41, 5.74) is -0.340. The number of hydrogen-bond acceptors (Lipinski definition) is 3. The van der Waals surface area contributed by atoms with E-state index in [1.807, 2.05) is 0 Å². The van der Waals surface area contributed by atoms with Gasteiger partial charge < -0.3 is 15.1 Å². The lowest BCUT2D eigenvalue weighted by atomic mass is 9.93. The summed E-state index contributed by atoms with van der Waals surface area (Å²) in [5.74, 6) is -0.153. The first-order valence-electron chi connectivity index (χ1n) is 5.89. The van der Waals surface area contributed by atoms with Gasteiger partial charge >= 0.3 is 0 Å². The van der Waals surface area contributed by atoms with Crippen LogP contribution >= 0.6 is 22.6 Å². The molecule has 0 saturated carbocycles. The highest BCUT2D eigenvalue weighted by molar-refractivity contribution is 14.1. The Bertz CT molecular complexity index is 463. The van der Waals surface area contributed by atoms with E-state index in [1.54, 1.807) is 24.0 Å². The third kappa shape index (κ3) is 2.95. The Morgan fingerprint density at radius 3 is 2.61 bits per heavy atom. The molecule has 1 fully saturated rings. The second-order valence-electron chi connectivity index (χ2n) is 4.95. The number of phenolic OH excluding ortho intramolecular Hbond substituents is 1. The molecule has 1 aromatic carbocycles. The summed E-state index contributed by atoms with van der Waals surface area (Å²) in [6, 6.07) is 4.98. The van der Waals surface area contributed by atoms with Crippen molar-refractivity contribution in [2.24, 2.45) is 0 Å². The minimum atomic E-state index is -0.677. The molecule has 1 amide bonds. The Hall–Kier alpha value is -0.820. The van der Waals surface area contributed by atoms with E-state index < -0.39 is 5.60 Å². The lowest BCUT2D eigenvalue weighted by Gasteiger charge is -2.35. The van der Waals surface area contributed by atoms with Gasteiger partial charge in [0.1, 0.15) is 5.75 Å². The number of rotatable bonds is 1. The van der Waals surface area contributed by atoms with Gasteiger partial charge in [-0.25, -0.2) is 0 Å². The summed E-state index contributed by atoms with van der Waals surface area (Å²) >= 11 is 2.11. The van der Waals surface area contributed by atoms with Crippen LogP contribution in [-0.4, -0.2) is 39.7 Å². The molecular weight excluding hydrogens is 345 g/mol. The molecule has 0 bridgehead atoms. The first-order valence-corrected chi connectivity index (χ1v) is 6.97. The van der Waals surface area contributed by atoms with Gasteiger partial charge in [0.25, 0.3) is 5.91 Å². The first-order chi connectivity index (χ1) is 8.39. The van der Waals surface area contributed by atoms with E-state index in [-0.39, 0.29) is 11.7 Å². The second-order valence-corrected chi connectivity index (χ2v) is 6.20. The van der Waals surface area contributed by atoms with E-state index >= 15 is 0 Å². The molecule has 1 aromatic rings. The molecule has 0 aromatic heterocycles. The third-order valence-corrected chi connectivity index (χ3v) is 3.99. The summed E-state index contributed by atoms with van der Waals surface area (Å²) in [5, 5.41) is 19.6. The van der Waals surface area contributed by atoms with Gasteiger partial charge in [-0.1, -0.05) is 0 Å². The average Bonchev–Trinajstić information content (AvgIpc) is 2.31. The lowest BCUT2D eigenvalue weighted by molar-refractivity contribution is -0.00208. The first kappa shape index (κ1) is 13.6. The number of aliphatic hydroxyl groups is 1. The Morgan fingerprint density at radius 2 is 2.00 bits per heavy atom. The van der Waals surface area contributed by atoms with Crippen molar-refractivity contribution in [3.8, 4) is 5.75 Å². The molecule has 0 aliphatic carbocycles. The van der Waals surface area contributed by atoms with Gasteiger partial charge in [0.15, 0.2) is 0 Å². The summed E-state index contributed by atoms with van der Waals surface area (Å²) in [6.45, 7) is 2.84. The van der Waals surface area contributed by atoms with E-state index in [0.29, 0.717) is 31.5 Å². The molecule has 18 heavy (non-hydrogen) atoms. The van der Waals surface area contributed by atoms with Crippen molar-refractivity contribution < 1.29 is 15.0 Å². The Kier molecular flexibility index (Phi) is 3.82. The van der Waals surface area contributed by atoms with Gasteiger partial charge in [-0.05, 0) is 60.6 Å². The number of piperidine rings is 1. The fraction of sp³-hybridized carbons (Fsp3) is 0.462. The lowest BCUT2D eigenvalue weighted by Crippen LogP contribution is -2.45. The smallest absolute Gasteiger partial charge is 0.257 e. The normalized spacial score (nSPS) is 18.7. The maximum Gasteiger partial charge on any atom is 0.257 e. The van der Waals surface area contributed by atoms with E-state index in [0.717, 1.165) is 3.57 Å². The number of carbonyl (C=O) groups excluding carboxylic acids is 1. The zero-order valence-corrected chi connectivity index (χ0v) is 12.3. The number of amides is 1. The van der Waals surface area contributed by atoms with E-state index in [4.69, 9.17) is 0 Å². The monoisotopic (exact) mass is 361 g/mol. The maximum absolute atomic E-state index is 12.3. The highest BCUT2D eigenvalue weighted by atomic mass is 127. The van der Waals surface area contributed by atoms with Crippen LogP contribution in [0, 0.1) is 3.57 Å². The van der Waals surface area contributed by atoms with Crippen LogP contribution in [0.1, 0.15) is 30.1 Å². The molecule has 1 aliphatic heterocycles. The van der Waals surface area contributed by atoms with Gasteiger partial charge in [-0.15, -0.1) is 0 Å². The van der Waals surface area contributed by atoms with Crippen molar-refractivity contribution in [1.29, 1.82) is 0 Å². The van der Waals surface area contributed by atoms with Crippen molar-refractivity contribution in [2.45, 2.75) is 25.4 Å². The van der Waals surface area contributed by atoms with Crippen LogP contribution in [0.5, 0.6) is 5.75 Å². The number of nitrogens with zero attached hydrogens (tertiary/aromatic N) is 1. The van der Waals surface area contributed by atoms with Crippen LogP contribution in [-0.2, 0) is 0 Å². The molecule has 2 rings (SSSR count). The van der Waals surface area contributed by atoms with E-state index in [2.05, 4.69) is 22.6 Å². The SMILES string of the molecule is CC1(O)CCN(C(=O)c2cc(I)ccc2O)CC1. The predicted octanol–water partition coefficient (Wildman–Crippen LogP) is 1.98. The fourth-order valence-corrected chi connectivity index (χ4v) is 2.53. The molecular formula is C13H16INO3. The van der Waals surface area contributed by atoms with Crippen molar-refractivity contribution in [3.63, 3.8) is 0 Å². The predicted molar refractivity (Wildman–Crippen MR) is 76.6 cm³/mol. The summed E-state index contributed by atoms with van der Waals surface area (Å²) in [6.07, 6.45) is 1.15. The molecule has 0 radical (unpaired) electrons. The quantitative estimate of drug-likeness (QED) is 0.753. The van der Waals surface area contributed by atoms with Crippen molar-refractivity contribution >= 4 is 28.5 Å². The minimum absolute atomic E-state index is 0.0118. The molecule has 1 aliphatic rings. The molecule has 5 heteroatoms. The van der Waals surface area contributed by atoms with Crippen molar-refractivity contribution in [2.75, 3.05) is 13.1 Å². The van der Waals surface area contributed by atoms with Gasteiger partial charge in [0.05, 0.1) is 11.2 Å². The van der Waals surface area contributed by atoms with Crippen LogP contribution in [0.2, 0.25) is 0 Å². The van der Waals surface area contributed by atoms with Gasteiger partial charge in [-0.3, -0.25) is 4.79 Å². The third-order valence-electron chi connectivity index (χ3n) is 3.32. The van der Waals surface area contributed by atoms with Crippen LogP contribution in [0.3, 0.4) is 0 Å². The number of carbonyl (C=O) groups is 1. The number of aromatic hydroxyl groups is 1. The summed E-state index contributed by atoms with van der Waals surface area (Å²) < 4.78 is 0.915. The highest BCUT2D eigenvalue weighted by Crippen LogP contribution is 2.26.